The molecule has 2 fully saturated rings. The second kappa shape index (κ2) is 9.92. The summed E-state index contributed by atoms with van der Waals surface area (Å²) in [6.07, 6.45) is 6.50. The van der Waals surface area contributed by atoms with Crippen LogP contribution in [-0.4, -0.2) is 60.3 Å². The minimum Gasteiger partial charge on any atom is -0.355 e. The lowest BCUT2D eigenvalue weighted by Gasteiger charge is -2.35. The fourth-order valence-electron chi connectivity index (χ4n) is 4.42. The van der Waals surface area contributed by atoms with Gasteiger partial charge in [-0.2, -0.15) is 0 Å². The number of carbonyl (C=O) groups excluding carboxylic acids is 1. The van der Waals surface area contributed by atoms with Crippen molar-refractivity contribution in [3.05, 3.63) is 47.5 Å². The molecular weight excluding hydrogens is 374 g/mol. The summed E-state index contributed by atoms with van der Waals surface area (Å²) in [7, 11) is 0. The van der Waals surface area contributed by atoms with Gasteiger partial charge in [0, 0.05) is 45.7 Å². The first kappa shape index (κ1) is 20.6. The number of aryl methyl sites for hydroxylation is 2. The third kappa shape index (κ3) is 5.29. The second-order valence-electron chi connectivity index (χ2n) is 8.51. The zero-order chi connectivity index (χ0) is 20.8. The Balaban J connectivity index is 1.26. The van der Waals surface area contributed by atoms with Crippen molar-refractivity contribution in [3.63, 3.8) is 0 Å². The molecule has 4 rings (SSSR count). The lowest BCUT2D eigenvalue weighted by Crippen LogP contribution is -2.49. The smallest absolute Gasteiger partial charge is 0.223 e. The van der Waals surface area contributed by atoms with E-state index in [0.717, 1.165) is 57.3 Å². The van der Waals surface area contributed by atoms with Crippen LogP contribution in [0.4, 0.5) is 11.6 Å². The third-order valence-electron chi connectivity index (χ3n) is 6.23. The molecule has 0 atom stereocenters. The zero-order valence-corrected chi connectivity index (χ0v) is 18.1. The molecular formula is C24H33N5O. The largest absolute Gasteiger partial charge is 0.355 e. The first-order valence-electron chi connectivity index (χ1n) is 11.4. The molecule has 0 aliphatic carbocycles. The van der Waals surface area contributed by atoms with Crippen LogP contribution in [0.25, 0.3) is 0 Å². The molecule has 160 valence electrons. The molecule has 0 N–H and O–H groups in total. The minimum atomic E-state index is 0.249. The Labute approximate surface area is 179 Å². The maximum Gasteiger partial charge on any atom is 0.223 e. The van der Waals surface area contributed by atoms with Gasteiger partial charge in [-0.3, -0.25) is 4.79 Å². The van der Waals surface area contributed by atoms with Crippen LogP contribution in [0.5, 0.6) is 0 Å². The minimum absolute atomic E-state index is 0.249. The van der Waals surface area contributed by atoms with Gasteiger partial charge in [-0.05, 0) is 43.9 Å². The average Bonchev–Trinajstić information content (AvgIpc) is 3.07. The number of anilines is 2. The Kier molecular flexibility index (Phi) is 6.82. The molecule has 3 heterocycles. The average molecular weight is 408 g/mol. The Morgan fingerprint density at radius 3 is 2.07 bits per heavy atom. The lowest BCUT2D eigenvalue weighted by molar-refractivity contribution is -0.131. The molecule has 0 spiro atoms. The van der Waals surface area contributed by atoms with Gasteiger partial charge < -0.3 is 14.7 Å². The Morgan fingerprint density at radius 1 is 0.833 bits per heavy atom. The Morgan fingerprint density at radius 2 is 1.47 bits per heavy atom. The summed E-state index contributed by atoms with van der Waals surface area (Å²) in [6.45, 7) is 7.38. The van der Waals surface area contributed by atoms with E-state index < -0.39 is 0 Å². The number of amides is 1. The van der Waals surface area contributed by atoms with Crippen molar-refractivity contribution in [1.82, 2.24) is 15.1 Å². The second-order valence-corrected chi connectivity index (χ2v) is 8.51. The van der Waals surface area contributed by atoms with Crippen molar-refractivity contribution in [2.24, 2.45) is 0 Å². The topological polar surface area (TPSA) is 52.6 Å². The fraction of sp³-hybridized carbons (Fsp3) is 0.542. The molecule has 2 aliphatic heterocycles. The number of aromatic nitrogens is 2. The van der Waals surface area contributed by atoms with Gasteiger partial charge in [0.1, 0.15) is 0 Å². The van der Waals surface area contributed by atoms with Crippen LogP contribution in [0, 0.1) is 6.92 Å². The van der Waals surface area contributed by atoms with Crippen molar-refractivity contribution < 1.29 is 4.79 Å². The van der Waals surface area contributed by atoms with Gasteiger partial charge in [-0.15, -0.1) is 10.2 Å². The van der Waals surface area contributed by atoms with E-state index in [1.165, 1.54) is 36.8 Å². The van der Waals surface area contributed by atoms with Crippen molar-refractivity contribution in [2.45, 2.75) is 45.4 Å². The van der Waals surface area contributed by atoms with Gasteiger partial charge >= 0.3 is 0 Å². The molecule has 2 aromatic rings. The zero-order valence-electron chi connectivity index (χ0n) is 18.1. The number of rotatable bonds is 5. The fourth-order valence-corrected chi connectivity index (χ4v) is 4.42. The van der Waals surface area contributed by atoms with Crippen LogP contribution in [0.1, 0.15) is 43.2 Å². The molecule has 6 nitrogen and oxygen atoms in total. The highest BCUT2D eigenvalue weighted by Crippen LogP contribution is 2.20. The van der Waals surface area contributed by atoms with Gasteiger partial charge in [0.25, 0.3) is 0 Å². The molecule has 0 radical (unpaired) electrons. The lowest BCUT2D eigenvalue weighted by atomic mass is 10.1. The van der Waals surface area contributed by atoms with E-state index in [1.54, 1.807) is 0 Å². The summed E-state index contributed by atoms with van der Waals surface area (Å²) in [4.78, 5) is 19.2. The van der Waals surface area contributed by atoms with E-state index in [2.05, 4.69) is 63.3 Å². The van der Waals surface area contributed by atoms with Gasteiger partial charge in [0.05, 0.1) is 0 Å². The summed E-state index contributed by atoms with van der Waals surface area (Å²) in [5.74, 6) is 2.16. The molecule has 1 aromatic heterocycles. The highest BCUT2D eigenvalue weighted by atomic mass is 16.2. The summed E-state index contributed by atoms with van der Waals surface area (Å²) >= 11 is 0. The monoisotopic (exact) mass is 407 g/mol. The van der Waals surface area contributed by atoms with E-state index in [1.807, 2.05) is 4.90 Å². The summed E-state index contributed by atoms with van der Waals surface area (Å²) < 4.78 is 0. The number of hydrogen-bond acceptors (Lipinski definition) is 5. The predicted molar refractivity (Wildman–Crippen MR) is 121 cm³/mol. The first-order chi connectivity index (χ1) is 14.7. The third-order valence-corrected chi connectivity index (χ3v) is 6.23. The first-order valence-corrected chi connectivity index (χ1v) is 11.4. The highest BCUT2D eigenvalue weighted by molar-refractivity contribution is 5.76. The molecule has 2 aliphatic rings. The number of piperazine rings is 1. The molecule has 2 saturated heterocycles. The number of hydrogen-bond donors (Lipinski definition) is 0. The highest BCUT2D eigenvalue weighted by Gasteiger charge is 2.22. The van der Waals surface area contributed by atoms with Gasteiger partial charge in [-0.1, -0.05) is 42.7 Å². The Bertz CT molecular complexity index is 822. The predicted octanol–water partition coefficient (Wildman–Crippen LogP) is 3.45. The van der Waals surface area contributed by atoms with Gasteiger partial charge in [-0.25, -0.2) is 0 Å². The maximum atomic E-state index is 12.6. The standard InChI is InChI=1S/C24H33N5O/c1-20-7-6-8-21(19-20)9-12-24(30)29-17-15-28(16-18-29)23-11-10-22(25-26-23)27-13-4-2-3-5-14-27/h6-8,10-11,19H,2-5,9,12-18H2,1H3. The molecule has 1 aromatic carbocycles. The molecule has 0 bridgehead atoms. The van der Waals surface area contributed by atoms with Crippen molar-refractivity contribution in [3.8, 4) is 0 Å². The van der Waals surface area contributed by atoms with Gasteiger partial charge in [0.2, 0.25) is 5.91 Å². The molecule has 0 unspecified atom stereocenters. The normalized spacial score (nSPS) is 17.7. The van der Waals surface area contributed by atoms with E-state index >= 15 is 0 Å². The van der Waals surface area contributed by atoms with E-state index in [4.69, 9.17) is 0 Å². The summed E-state index contributed by atoms with van der Waals surface area (Å²) in [6, 6.07) is 12.6. The van der Waals surface area contributed by atoms with Crippen LogP contribution in [0.2, 0.25) is 0 Å². The van der Waals surface area contributed by atoms with Crippen LogP contribution < -0.4 is 9.80 Å². The van der Waals surface area contributed by atoms with Crippen LogP contribution in [-0.2, 0) is 11.2 Å². The molecule has 0 saturated carbocycles. The SMILES string of the molecule is Cc1cccc(CCC(=O)N2CCN(c3ccc(N4CCCCCC4)nn3)CC2)c1. The Hall–Kier alpha value is -2.63. The maximum absolute atomic E-state index is 12.6. The van der Waals surface area contributed by atoms with Crippen LogP contribution in [0.15, 0.2) is 36.4 Å². The van der Waals surface area contributed by atoms with E-state index in [9.17, 15) is 4.79 Å². The molecule has 1 amide bonds. The van der Waals surface area contributed by atoms with Crippen LogP contribution >= 0.6 is 0 Å². The van der Waals surface area contributed by atoms with Crippen LogP contribution in [0.3, 0.4) is 0 Å². The van der Waals surface area contributed by atoms with Crippen molar-refractivity contribution in [2.75, 3.05) is 49.1 Å². The van der Waals surface area contributed by atoms with Crippen molar-refractivity contribution in [1.29, 1.82) is 0 Å². The summed E-state index contributed by atoms with van der Waals surface area (Å²) in [5.41, 5.74) is 2.48. The molecule has 30 heavy (non-hydrogen) atoms. The number of benzene rings is 1. The number of carbonyl (C=O) groups is 1. The summed E-state index contributed by atoms with van der Waals surface area (Å²) in [5, 5.41) is 8.99. The van der Waals surface area contributed by atoms with Crippen molar-refractivity contribution >= 4 is 17.5 Å². The quantitative estimate of drug-likeness (QED) is 0.760. The number of nitrogens with zero attached hydrogens (tertiary/aromatic N) is 5. The van der Waals surface area contributed by atoms with E-state index in [-0.39, 0.29) is 5.91 Å². The van der Waals surface area contributed by atoms with Gasteiger partial charge in [0.15, 0.2) is 11.6 Å². The van der Waals surface area contributed by atoms with E-state index in [0.29, 0.717) is 6.42 Å². The molecule has 6 heteroatoms.